The number of likely N-dealkylation sites (N-methyl/N-ethyl adjacent to an activating group) is 1. The lowest BCUT2D eigenvalue weighted by Gasteiger charge is -2.23. The van der Waals surface area contributed by atoms with E-state index in [-0.39, 0.29) is 0 Å². The number of aliphatic hydroxyl groups excluding tert-OH is 1. The summed E-state index contributed by atoms with van der Waals surface area (Å²) >= 11 is 0. The summed E-state index contributed by atoms with van der Waals surface area (Å²) in [5.74, 6) is 1.53. The van der Waals surface area contributed by atoms with Crippen LogP contribution in [0.1, 0.15) is 37.8 Å². The summed E-state index contributed by atoms with van der Waals surface area (Å²) in [6, 6.07) is 9.44. The maximum atomic E-state index is 11.6. The molecule has 1 aromatic rings. The van der Waals surface area contributed by atoms with Crippen LogP contribution in [-0.4, -0.2) is 51.5 Å². The first kappa shape index (κ1) is 19.8. The molecule has 0 amide bonds. The second kappa shape index (κ2) is 11.3. The van der Waals surface area contributed by atoms with Gasteiger partial charge in [-0.3, -0.25) is 4.21 Å². The highest BCUT2D eigenvalue weighted by Crippen LogP contribution is 2.08. The molecule has 128 valence electrons. The maximum Gasteiger partial charge on any atom is 0.0991 e. The van der Waals surface area contributed by atoms with Crippen molar-refractivity contribution >= 4 is 10.8 Å². The van der Waals surface area contributed by atoms with E-state index in [9.17, 15) is 9.32 Å². The fourth-order valence-corrected chi connectivity index (χ4v) is 3.62. The Labute approximate surface area is 142 Å². The second-order valence-corrected chi connectivity index (χ2v) is 7.46. The predicted molar refractivity (Wildman–Crippen MR) is 95.8 cm³/mol. The highest BCUT2D eigenvalue weighted by atomic mass is 32.2. The van der Waals surface area contributed by atoms with E-state index in [4.69, 9.17) is 5.26 Å². The molecule has 1 unspecified atom stereocenters. The van der Waals surface area contributed by atoms with Crippen LogP contribution >= 0.6 is 0 Å². The summed E-state index contributed by atoms with van der Waals surface area (Å²) < 4.78 is 11.6. The van der Waals surface area contributed by atoms with Crippen molar-refractivity contribution in [2.75, 3.05) is 31.1 Å². The average molecular weight is 337 g/mol. The zero-order valence-corrected chi connectivity index (χ0v) is 15.0. The molecule has 2 atom stereocenters. The third-order valence-corrected chi connectivity index (χ3v) is 5.36. The monoisotopic (exact) mass is 336 g/mol. The first-order valence-corrected chi connectivity index (χ1v) is 9.82. The SMILES string of the molecule is CCCS(=O)CCCN(CC)C[C@H](O)Cc1ccc(C#N)cc1. The summed E-state index contributed by atoms with van der Waals surface area (Å²) in [4.78, 5) is 2.21. The van der Waals surface area contributed by atoms with Crippen LogP contribution in [0.4, 0.5) is 0 Å². The Balaban J connectivity index is 2.35. The van der Waals surface area contributed by atoms with Crippen LogP contribution < -0.4 is 0 Å². The predicted octanol–water partition coefficient (Wildman–Crippen LogP) is 2.33. The van der Waals surface area contributed by atoms with E-state index in [1.165, 1.54) is 0 Å². The van der Waals surface area contributed by atoms with Gasteiger partial charge in [0.15, 0.2) is 0 Å². The first-order valence-electron chi connectivity index (χ1n) is 8.33. The van der Waals surface area contributed by atoms with Gasteiger partial charge in [0.1, 0.15) is 0 Å². The molecule has 0 aliphatic heterocycles. The minimum absolute atomic E-state index is 0.427. The zero-order chi connectivity index (χ0) is 17.1. The van der Waals surface area contributed by atoms with Crippen LogP contribution in [0.2, 0.25) is 0 Å². The van der Waals surface area contributed by atoms with E-state index >= 15 is 0 Å². The number of benzene rings is 1. The van der Waals surface area contributed by atoms with Crippen molar-refractivity contribution in [3.63, 3.8) is 0 Å². The van der Waals surface area contributed by atoms with Crippen LogP contribution in [0.25, 0.3) is 0 Å². The molecule has 0 aliphatic carbocycles. The number of hydrogen-bond donors (Lipinski definition) is 1. The van der Waals surface area contributed by atoms with Crippen LogP contribution in [0.3, 0.4) is 0 Å². The molecule has 0 saturated heterocycles. The van der Waals surface area contributed by atoms with Crippen molar-refractivity contribution in [2.45, 2.75) is 39.2 Å². The lowest BCUT2D eigenvalue weighted by atomic mass is 10.1. The number of nitriles is 1. The summed E-state index contributed by atoms with van der Waals surface area (Å²) in [6.45, 7) is 6.51. The number of rotatable bonds is 11. The molecule has 0 aliphatic rings. The standard InChI is InChI=1S/C18H28N2O2S/c1-3-11-23(22)12-5-10-20(4-2)15-18(21)13-16-6-8-17(14-19)9-7-16/h6-9,18,21H,3-5,10-13,15H2,1-2H3/t18-,23?/m1/s1. The van der Waals surface area contributed by atoms with E-state index in [0.29, 0.717) is 18.5 Å². The molecule has 5 heteroatoms. The van der Waals surface area contributed by atoms with Gasteiger partial charge < -0.3 is 10.0 Å². The van der Waals surface area contributed by atoms with Gasteiger partial charge >= 0.3 is 0 Å². The van der Waals surface area contributed by atoms with Gasteiger partial charge in [-0.15, -0.1) is 0 Å². The van der Waals surface area contributed by atoms with Crippen LogP contribution in [-0.2, 0) is 17.2 Å². The van der Waals surface area contributed by atoms with Crippen molar-refractivity contribution < 1.29 is 9.32 Å². The van der Waals surface area contributed by atoms with E-state index in [2.05, 4.69) is 24.8 Å². The summed E-state index contributed by atoms with van der Waals surface area (Å²) in [5.41, 5.74) is 1.68. The summed E-state index contributed by atoms with van der Waals surface area (Å²) in [6.07, 6.45) is 2.03. The minimum Gasteiger partial charge on any atom is -0.391 e. The third kappa shape index (κ3) is 8.26. The molecule has 0 heterocycles. The number of hydrogen-bond acceptors (Lipinski definition) is 4. The molecule has 1 rings (SSSR count). The molecule has 0 fully saturated rings. The average Bonchev–Trinajstić information content (AvgIpc) is 2.54. The largest absolute Gasteiger partial charge is 0.391 e. The Morgan fingerprint density at radius 2 is 1.96 bits per heavy atom. The Morgan fingerprint density at radius 1 is 1.26 bits per heavy atom. The molecule has 1 aromatic carbocycles. The lowest BCUT2D eigenvalue weighted by Crippen LogP contribution is -2.34. The summed E-state index contributed by atoms with van der Waals surface area (Å²) in [7, 11) is -0.701. The van der Waals surface area contributed by atoms with E-state index in [1.807, 2.05) is 12.1 Å². The van der Waals surface area contributed by atoms with Gasteiger partial charge in [-0.2, -0.15) is 5.26 Å². The molecule has 4 nitrogen and oxygen atoms in total. The molecule has 0 saturated carbocycles. The molecule has 0 radical (unpaired) electrons. The van der Waals surface area contributed by atoms with Gasteiger partial charge in [0.2, 0.25) is 0 Å². The number of aliphatic hydroxyl groups is 1. The molecule has 0 aromatic heterocycles. The lowest BCUT2D eigenvalue weighted by molar-refractivity contribution is 0.115. The van der Waals surface area contributed by atoms with Gasteiger partial charge in [0.25, 0.3) is 0 Å². The second-order valence-electron chi connectivity index (χ2n) is 5.76. The molecular weight excluding hydrogens is 308 g/mol. The van der Waals surface area contributed by atoms with Crippen molar-refractivity contribution in [3.05, 3.63) is 35.4 Å². The highest BCUT2D eigenvalue weighted by molar-refractivity contribution is 7.84. The van der Waals surface area contributed by atoms with Crippen LogP contribution in [0, 0.1) is 11.3 Å². The van der Waals surface area contributed by atoms with Crippen molar-refractivity contribution in [3.8, 4) is 6.07 Å². The molecule has 0 bridgehead atoms. The fraction of sp³-hybridized carbons (Fsp3) is 0.611. The molecular formula is C18H28N2O2S. The highest BCUT2D eigenvalue weighted by Gasteiger charge is 2.11. The van der Waals surface area contributed by atoms with E-state index in [1.54, 1.807) is 12.1 Å². The fourth-order valence-electron chi connectivity index (χ4n) is 2.51. The van der Waals surface area contributed by atoms with Gasteiger partial charge in [-0.1, -0.05) is 26.0 Å². The molecule has 1 N–H and O–H groups in total. The Morgan fingerprint density at radius 3 is 2.52 bits per heavy atom. The Bertz CT molecular complexity index is 511. The third-order valence-electron chi connectivity index (χ3n) is 3.75. The van der Waals surface area contributed by atoms with Crippen LogP contribution in [0.15, 0.2) is 24.3 Å². The van der Waals surface area contributed by atoms with Crippen molar-refractivity contribution in [1.82, 2.24) is 4.90 Å². The van der Waals surface area contributed by atoms with E-state index < -0.39 is 16.9 Å². The Kier molecular flexibility index (Phi) is 9.77. The van der Waals surface area contributed by atoms with Gasteiger partial charge in [0, 0.05) is 28.9 Å². The van der Waals surface area contributed by atoms with Gasteiger partial charge in [-0.05, 0) is 50.0 Å². The maximum absolute atomic E-state index is 11.6. The number of nitrogens with zero attached hydrogens (tertiary/aromatic N) is 2. The quantitative estimate of drug-likeness (QED) is 0.673. The normalized spacial score (nSPS) is 13.7. The summed E-state index contributed by atoms with van der Waals surface area (Å²) in [5, 5.41) is 19.0. The van der Waals surface area contributed by atoms with E-state index in [0.717, 1.165) is 43.0 Å². The Hall–Kier alpha value is -1.22. The molecule has 23 heavy (non-hydrogen) atoms. The van der Waals surface area contributed by atoms with Crippen LogP contribution in [0.5, 0.6) is 0 Å². The van der Waals surface area contributed by atoms with Crippen molar-refractivity contribution in [2.24, 2.45) is 0 Å². The molecule has 0 spiro atoms. The topological polar surface area (TPSA) is 64.3 Å². The first-order chi connectivity index (χ1) is 11.1. The van der Waals surface area contributed by atoms with Gasteiger partial charge in [-0.25, -0.2) is 0 Å². The van der Waals surface area contributed by atoms with Gasteiger partial charge in [0.05, 0.1) is 17.7 Å². The zero-order valence-electron chi connectivity index (χ0n) is 14.2. The minimum atomic E-state index is -0.701. The van der Waals surface area contributed by atoms with Crippen molar-refractivity contribution in [1.29, 1.82) is 5.26 Å². The smallest absolute Gasteiger partial charge is 0.0991 e.